The molecule has 0 bridgehead atoms. The number of sulfonamides is 1. The Morgan fingerprint density at radius 1 is 0.975 bits per heavy atom. The molecule has 40 heavy (non-hydrogen) atoms. The summed E-state index contributed by atoms with van der Waals surface area (Å²) in [7, 11) is -3.44. The Bertz CT molecular complexity index is 1630. The van der Waals surface area contributed by atoms with Crippen molar-refractivity contribution in [3.8, 4) is 6.07 Å². The van der Waals surface area contributed by atoms with Gasteiger partial charge in [0.05, 0.1) is 35.7 Å². The van der Waals surface area contributed by atoms with E-state index in [9.17, 15) is 31.2 Å². The zero-order valence-corrected chi connectivity index (χ0v) is 22.4. The number of amides is 3. The molecule has 1 heterocycles. The van der Waals surface area contributed by atoms with E-state index in [2.05, 4.69) is 10.0 Å². The minimum absolute atomic E-state index is 0.0482. The molecule has 0 saturated carbocycles. The zero-order valence-electron chi connectivity index (χ0n) is 21.6. The molecule has 3 amide bonds. The van der Waals surface area contributed by atoms with Crippen molar-refractivity contribution in [3.63, 3.8) is 0 Å². The third-order valence-electron chi connectivity index (χ3n) is 6.32. The molecule has 0 atom stereocenters. The fourth-order valence-corrected chi connectivity index (χ4v) is 4.84. The number of halogens is 3. The normalized spacial score (nSPS) is 15.2. The van der Waals surface area contributed by atoms with Crippen LogP contribution in [-0.4, -0.2) is 37.1 Å². The smallest absolute Gasteiger partial charge is 0.355 e. The number of nitrogens with one attached hydrogen (secondary N) is 2. The predicted molar refractivity (Wildman–Crippen MR) is 143 cm³/mol. The fourth-order valence-electron chi connectivity index (χ4n) is 4.27. The van der Waals surface area contributed by atoms with Gasteiger partial charge in [-0.3, -0.25) is 9.52 Å². The van der Waals surface area contributed by atoms with Crippen LogP contribution in [0.2, 0.25) is 0 Å². The topological polar surface area (TPSA) is 123 Å². The van der Waals surface area contributed by atoms with E-state index >= 15 is 0 Å². The van der Waals surface area contributed by atoms with Gasteiger partial charge in [0.15, 0.2) is 0 Å². The lowest BCUT2D eigenvalue weighted by Crippen LogP contribution is -2.43. The van der Waals surface area contributed by atoms with E-state index in [0.717, 1.165) is 18.4 Å². The number of carbonyl (C=O) groups is 2. The maximum Gasteiger partial charge on any atom is 0.417 e. The second-order valence-electron chi connectivity index (χ2n) is 9.64. The van der Waals surface area contributed by atoms with E-state index < -0.39 is 44.8 Å². The van der Waals surface area contributed by atoms with Crippen LogP contribution in [0.1, 0.15) is 30.5 Å². The van der Waals surface area contributed by atoms with Crippen LogP contribution in [0.25, 0.3) is 0 Å². The van der Waals surface area contributed by atoms with Crippen LogP contribution in [0, 0.1) is 11.3 Å². The van der Waals surface area contributed by atoms with E-state index in [4.69, 9.17) is 5.26 Å². The molecule has 1 fully saturated rings. The van der Waals surface area contributed by atoms with Crippen LogP contribution in [-0.2, 0) is 27.5 Å². The summed E-state index contributed by atoms with van der Waals surface area (Å²) in [5.74, 6) is -0.713. The number of nitrogens with zero attached hydrogens (tertiary/aromatic N) is 3. The quantitative estimate of drug-likeness (QED) is 0.364. The molecule has 0 spiro atoms. The van der Waals surface area contributed by atoms with E-state index in [1.54, 1.807) is 48.5 Å². The van der Waals surface area contributed by atoms with Gasteiger partial charge in [0.2, 0.25) is 10.0 Å². The molecule has 1 aliphatic heterocycles. The number of rotatable bonds is 7. The fraction of sp³-hybridized carbons (Fsp3) is 0.222. The highest BCUT2D eigenvalue weighted by Crippen LogP contribution is 2.38. The monoisotopic (exact) mass is 571 g/mol. The Balaban J connectivity index is 1.62. The SMILES string of the molecule is CC1(C)C(=O)N(c2ccc(C#N)c(C(F)(F)F)c2)C(=O)N1Cc1ccccc1Nc1ccc(NS(C)(=O)=O)cc1. The summed E-state index contributed by atoms with van der Waals surface area (Å²) in [6, 6.07) is 16.8. The standard InChI is InChI=1S/C27H24F3N5O4S/c1-26(2)24(36)35(21-13-8-17(15-31)22(14-21)27(28,29)30)25(37)34(26)16-18-6-4-5-7-23(18)32-19-9-11-20(12-10-19)33-40(3,38)39/h4-14,32-33H,16H2,1-3H3. The molecule has 9 nitrogen and oxygen atoms in total. The van der Waals surface area contributed by atoms with Crippen molar-refractivity contribution in [1.29, 1.82) is 5.26 Å². The Labute approximate surface area is 228 Å². The molecule has 0 unspecified atom stereocenters. The van der Waals surface area contributed by atoms with Crippen molar-refractivity contribution in [2.45, 2.75) is 32.1 Å². The van der Waals surface area contributed by atoms with Gasteiger partial charge in [0.25, 0.3) is 5.91 Å². The summed E-state index contributed by atoms with van der Waals surface area (Å²) >= 11 is 0. The van der Waals surface area contributed by atoms with Crippen LogP contribution < -0.4 is 14.9 Å². The average molecular weight is 572 g/mol. The van der Waals surface area contributed by atoms with Crippen LogP contribution in [0.4, 0.5) is 40.7 Å². The third-order valence-corrected chi connectivity index (χ3v) is 6.93. The van der Waals surface area contributed by atoms with Gasteiger partial charge in [-0.1, -0.05) is 18.2 Å². The summed E-state index contributed by atoms with van der Waals surface area (Å²) in [6.45, 7) is 2.96. The molecule has 4 rings (SSSR count). The minimum atomic E-state index is -4.86. The molecule has 0 aliphatic carbocycles. The Hall–Kier alpha value is -4.57. The molecule has 13 heteroatoms. The summed E-state index contributed by atoms with van der Waals surface area (Å²) in [6.07, 6.45) is -3.81. The van der Waals surface area contributed by atoms with Crippen molar-refractivity contribution in [1.82, 2.24) is 4.90 Å². The van der Waals surface area contributed by atoms with Gasteiger partial charge < -0.3 is 10.2 Å². The van der Waals surface area contributed by atoms with Crippen LogP contribution in [0.15, 0.2) is 66.7 Å². The van der Waals surface area contributed by atoms with Crippen LogP contribution >= 0.6 is 0 Å². The first kappa shape index (κ1) is 28.4. The number of benzene rings is 3. The average Bonchev–Trinajstić information content (AvgIpc) is 3.03. The predicted octanol–water partition coefficient (Wildman–Crippen LogP) is 5.44. The second kappa shape index (κ2) is 10.2. The number of anilines is 4. The lowest BCUT2D eigenvalue weighted by molar-refractivity contribution is -0.137. The van der Waals surface area contributed by atoms with E-state index in [1.165, 1.54) is 24.8 Å². The van der Waals surface area contributed by atoms with Gasteiger partial charge >= 0.3 is 12.2 Å². The van der Waals surface area contributed by atoms with E-state index in [0.29, 0.717) is 33.6 Å². The summed E-state index contributed by atoms with van der Waals surface area (Å²) in [5.41, 5.74) is -1.33. The van der Waals surface area contributed by atoms with Gasteiger partial charge in [-0.05, 0) is 67.9 Å². The third kappa shape index (κ3) is 5.72. The van der Waals surface area contributed by atoms with Gasteiger partial charge in [-0.25, -0.2) is 18.1 Å². The maximum atomic E-state index is 13.5. The Morgan fingerprint density at radius 2 is 1.60 bits per heavy atom. The number of imide groups is 1. The van der Waals surface area contributed by atoms with Crippen LogP contribution in [0.3, 0.4) is 0 Å². The molecule has 3 aromatic rings. The highest BCUT2D eigenvalue weighted by atomic mass is 32.2. The minimum Gasteiger partial charge on any atom is -0.355 e. The van der Waals surface area contributed by atoms with Gasteiger partial charge in [-0.15, -0.1) is 0 Å². The van der Waals surface area contributed by atoms with Crippen molar-refractivity contribution >= 4 is 44.7 Å². The molecular formula is C27H24F3N5O4S. The first-order chi connectivity index (χ1) is 18.6. The number of hydrogen-bond acceptors (Lipinski definition) is 6. The van der Waals surface area contributed by atoms with Gasteiger partial charge in [-0.2, -0.15) is 18.4 Å². The second-order valence-corrected chi connectivity index (χ2v) is 11.4. The number of hydrogen-bond donors (Lipinski definition) is 2. The molecule has 0 radical (unpaired) electrons. The largest absolute Gasteiger partial charge is 0.417 e. The lowest BCUT2D eigenvalue weighted by Gasteiger charge is -2.28. The van der Waals surface area contributed by atoms with Crippen LogP contribution in [0.5, 0.6) is 0 Å². The first-order valence-corrected chi connectivity index (χ1v) is 13.7. The number of carbonyl (C=O) groups excluding carboxylic acids is 2. The number of nitriles is 1. The lowest BCUT2D eigenvalue weighted by atomic mass is 10.0. The highest BCUT2D eigenvalue weighted by Gasteiger charge is 2.52. The van der Waals surface area contributed by atoms with Gasteiger partial charge in [0.1, 0.15) is 5.54 Å². The zero-order chi connectivity index (χ0) is 29.5. The van der Waals surface area contributed by atoms with Crippen molar-refractivity contribution in [2.24, 2.45) is 0 Å². The Kier molecular flexibility index (Phi) is 7.25. The summed E-state index contributed by atoms with van der Waals surface area (Å²) < 4.78 is 65.9. The first-order valence-electron chi connectivity index (χ1n) is 11.8. The van der Waals surface area contributed by atoms with Gasteiger partial charge in [0, 0.05) is 17.1 Å². The molecule has 0 aromatic heterocycles. The number of para-hydroxylation sites is 1. The maximum absolute atomic E-state index is 13.5. The number of urea groups is 1. The highest BCUT2D eigenvalue weighted by molar-refractivity contribution is 7.92. The molecule has 3 aromatic carbocycles. The molecule has 208 valence electrons. The van der Waals surface area contributed by atoms with E-state index in [1.807, 2.05) is 0 Å². The molecule has 2 N–H and O–H groups in total. The van der Waals surface area contributed by atoms with E-state index in [-0.39, 0.29) is 12.2 Å². The van der Waals surface area contributed by atoms with Crippen molar-refractivity contribution in [3.05, 3.63) is 83.4 Å². The summed E-state index contributed by atoms with van der Waals surface area (Å²) in [5, 5.41) is 12.3. The Morgan fingerprint density at radius 3 is 2.20 bits per heavy atom. The number of alkyl halides is 3. The van der Waals surface area contributed by atoms with Crippen molar-refractivity contribution < 1.29 is 31.2 Å². The summed E-state index contributed by atoms with van der Waals surface area (Å²) in [4.78, 5) is 28.8. The molecule has 1 saturated heterocycles. The molecule has 1 aliphatic rings. The van der Waals surface area contributed by atoms with Crippen molar-refractivity contribution in [2.75, 3.05) is 21.2 Å². The molecular weight excluding hydrogens is 547 g/mol.